The molecule has 254 valence electrons. The van der Waals surface area contributed by atoms with Gasteiger partial charge in [-0.05, 0) is 94.4 Å². The van der Waals surface area contributed by atoms with Gasteiger partial charge in [-0.2, -0.15) is 5.26 Å². The van der Waals surface area contributed by atoms with Gasteiger partial charge in [-0.1, -0.05) is 103 Å². The van der Waals surface area contributed by atoms with E-state index in [1.165, 1.54) is 42.0 Å². The first kappa shape index (κ1) is 31.1. The van der Waals surface area contributed by atoms with Crippen LogP contribution in [0.2, 0.25) is 0 Å². The Bertz CT molecular complexity index is 3420. The van der Waals surface area contributed by atoms with Crippen molar-refractivity contribution in [2.75, 3.05) is 0 Å². The molecule has 0 unspecified atom stereocenters. The molecule has 3 heterocycles. The Hall–Kier alpha value is -7.44. The molecule has 8 aromatic carbocycles. The third kappa shape index (κ3) is 4.68. The summed E-state index contributed by atoms with van der Waals surface area (Å²) in [6, 6.07) is 61.9. The monoisotopic (exact) mass is 716 g/mol. The first-order valence-electron chi connectivity index (χ1n) is 18.2. The molecule has 55 heavy (non-hydrogen) atoms. The fourth-order valence-corrected chi connectivity index (χ4v) is 9.84. The quantitative estimate of drug-likeness (QED) is 0.167. The average Bonchev–Trinajstić information content (AvgIpc) is 3.91. The van der Waals surface area contributed by atoms with Crippen LogP contribution in [-0.4, -0.2) is 9.13 Å². The number of para-hydroxylation sites is 2. The Kier molecular flexibility index (Phi) is 6.82. The van der Waals surface area contributed by atoms with Crippen LogP contribution in [0.4, 0.5) is 5.69 Å². The van der Waals surface area contributed by atoms with E-state index in [0.717, 1.165) is 55.4 Å². The van der Waals surface area contributed by atoms with Crippen molar-refractivity contribution in [3.63, 3.8) is 0 Å². The Labute approximate surface area is 320 Å². The van der Waals surface area contributed by atoms with Crippen molar-refractivity contribution in [3.8, 4) is 39.7 Å². The van der Waals surface area contributed by atoms with Crippen LogP contribution in [0.5, 0.6) is 0 Å². The van der Waals surface area contributed by atoms with E-state index in [-0.39, 0.29) is 0 Å². The summed E-state index contributed by atoms with van der Waals surface area (Å²) in [5.74, 6) is 0. The number of hydrogen-bond donors (Lipinski definition) is 0. The summed E-state index contributed by atoms with van der Waals surface area (Å²) in [7, 11) is 0. The van der Waals surface area contributed by atoms with Gasteiger partial charge in [-0.3, -0.25) is 0 Å². The van der Waals surface area contributed by atoms with Gasteiger partial charge in [0.25, 0.3) is 0 Å². The predicted octanol–water partition coefficient (Wildman–Crippen LogP) is 14.0. The summed E-state index contributed by atoms with van der Waals surface area (Å²) < 4.78 is 7.05. The summed E-state index contributed by atoms with van der Waals surface area (Å²) >= 11 is 1.79. The standard InChI is InChI=1S/C50H28N4S/c1-52-34-21-23-46-43(29-34)49-47(24-22-42-41-17-6-9-20-48(41)55-50(42)49)54(46)36-26-31(30-51)25-33(28-36)38-14-3-2-13-37(38)32-11-10-12-35(27-32)53-44-18-7-4-15-39(44)40-16-5-8-19-45(40)53/h2-29H. The molecular weight excluding hydrogens is 689 g/mol. The predicted molar refractivity (Wildman–Crippen MR) is 230 cm³/mol. The number of rotatable bonds is 4. The lowest BCUT2D eigenvalue weighted by Crippen LogP contribution is -1.97. The van der Waals surface area contributed by atoms with Crippen LogP contribution in [0.15, 0.2) is 170 Å². The summed E-state index contributed by atoms with van der Waals surface area (Å²) in [5, 5.41) is 17.5. The molecule has 11 aromatic rings. The van der Waals surface area contributed by atoms with E-state index in [4.69, 9.17) is 6.57 Å². The molecule has 0 saturated heterocycles. The van der Waals surface area contributed by atoms with E-state index in [1.807, 2.05) is 24.3 Å². The Balaban J connectivity index is 1.12. The summed E-state index contributed by atoms with van der Waals surface area (Å²) in [4.78, 5) is 3.80. The van der Waals surface area contributed by atoms with E-state index >= 15 is 0 Å². The zero-order chi connectivity index (χ0) is 36.6. The maximum absolute atomic E-state index is 10.5. The number of fused-ring (bicyclic) bond motifs is 10. The van der Waals surface area contributed by atoms with Crippen LogP contribution in [-0.2, 0) is 0 Å². The van der Waals surface area contributed by atoms with Crippen LogP contribution < -0.4 is 0 Å². The largest absolute Gasteiger partial charge is 0.309 e. The SMILES string of the molecule is [C-]#[N+]c1ccc2c(c1)c1c3sc4ccccc4c3ccc1n2-c1cc(C#N)cc(-c2ccccc2-c2cccc(-n3c4ccccc4c4ccccc43)c2)c1. The number of benzene rings is 8. The molecule has 0 bridgehead atoms. The first-order valence-corrected chi connectivity index (χ1v) is 19.0. The molecule has 0 radical (unpaired) electrons. The van der Waals surface area contributed by atoms with Gasteiger partial charge in [0.15, 0.2) is 5.69 Å². The maximum atomic E-state index is 10.5. The van der Waals surface area contributed by atoms with Crippen LogP contribution in [0, 0.1) is 17.9 Å². The van der Waals surface area contributed by atoms with Gasteiger partial charge in [0.2, 0.25) is 0 Å². The van der Waals surface area contributed by atoms with Crippen LogP contribution in [0.25, 0.3) is 102 Å². The molecule has 0 aliphatic heterocycles. The maximum Gasteiger partial charge on any atom is 0.188 e. The zero-order valence-electron chi connectivity index (χ0n) is 29.4. The fraction of sp³-hybridized carbons (Fsp3) is 0. The minimum atomic E-state index is 0.581. The van der Waals surface area contributed by atoms with Gasteiger partial charge in [-0.15, -0.1) is 11.3 Å². The van der Waals surface area contributed by atoms with Gasteiger partial charge in [-0.25, -0.2) is 4.85 Å². The van der Waals surface area contributed by atoms with Crippen molar-refractivity contribution in [2.45, 2.75) is 0 Å². The van der Waals surface area contributed by atoms with Crippen molar-refractivity contribution in [1.82, 2.24) is 9.13 Å². The molecule has 0 aliphatic rings. The molecule has 0 amide bonds. The lowest BCUT2D eigenvalue weighted by molar-refractivity contribution is 1.18. The molecule has 4 nitrogen and oxygen atoms in total. The topological polar surface area (TPSA) is 38.0 Å². The van der Waals surface area contributed by atoms with Gasteiger partial charge in [0, 0.05) is 47.7 Å². The molecule has 0 atom stereocenters. The van der Waals surface area contributed by atoms with Gasteiger partial charge < -0.3 is 9.13 Å². The molecule has 0 spiro atoms. The molecule has 0 saturated carbocycles. The highest BCUT2D eigenvalue weighted by atomic mass is 32.1. The Morgan fingerprint density at radius 3 is 1.89 bits per heavy atom. The molecule has 5 heteroatoms. The van der Waals surface area contributed by atoms with Crippen LogP contribution >= 0.6 is 11.3 Å². The van der Waals surface area contributed by atoms with E-state index in [2.05, 4.69) is 166 Å². The van der Waals surface area contributed by atoms with Crippen LogP contribution in [0.1, 0.15) is 5.56 Å². The van der Waals surface area contributed by atoms with Crippen molar-refractivity contribution in [3.05, 3.63) is 187 Å². The molecule has 11 rings (SSSR count). The van der Waals surface area contributed by atoms with Gasteiger partial charge in [0.1, 0.15) is 0 Å². The van der Waals surface area contributed by atoms with Crippen molar-refractivity contribution < 1.29 is 0 Å². The van der Waals surface area contributed by atoms with Crippen molar-refractivity contribution >= 4 is 80.8 Å². The molecule has 0 fully saturated rings. The summed E-state index contributed by atoms with van der Waals surface area (Å²) in [5.41, 5.74) is 11.7. The molecule has 0 N–H and O–H groups in total. The number of hydrogen-bond acceptors (Lipinski definition) is 2. The average molecular weight is 717 g/mol. The molecule has 0 aliphatic carbocycles. The van der Waals surface area contributed by atoms with Crippen molar-refractivity contribution in [1.29, 1.82) is 5.26 Å². The third-order valence-electron chi connectivity index (χ3n) is 10.9. The Morgan fingerprint density at radius 1 is 0.491 bits per heavy atom. The minimum Gasteiger partial charge on any atom is -0.309 e. The number of aromatic nitrogens is 2. The number of nitrogens with zero attached hydrogens (tertiary/aromatic N) is 4. The highest BCUT2D eigenvalue weighted by Crippen LogP contribution is 2.45. The second-order valence-electron chi connectivity index (χ2n) is 13.9. The zero-order valence-corrected chi connectivity index (χ0v) is 30.2. The van der Waals surface area contributed by atoms with Gasteiger partial charge >= 0.3 is 0 Å². The highest BCUT2D eigenvalue weighted by Gasteiger charge is 2.20. The minimum absolute atomic E-state index is 0.581. The summed E-state index contributed by atoms with van der Waals surface area (Å²) in [6.45, 7) is 7.82. The highest BCUT2D eigenvalue weighted by molar-refractivity contribution is 7.26. The second-order valence-corrected chi connectivity index (χ2v) is 15.0. The first-order chi connectivity index (χ1) is 27.2. The van der Waals surface area contributed by atoms with Crippen molar-refractivity contribution in [2.24, 2.45) is 0 Å². The smallest absolute Gasteiger partial charge is 0.188 e. The normalized spacial score (nSPS) is 11.6. The molecular formula is C50H28N4S. The lowest BCUT2D eigenvalue weighted by Gasteiger charge is -2.15. The molecule has 3 aromatic heterocycles. The van der Waals surface area contributed by atoms with Crippen LogP contribution in [0.3, 0.4) is 0 Å². The van der Waals surface area contributed by atoms with E-state index < -0.39 is 0 Å². The van der Waals surface area contributed by atoms with E-state index in [9.17, 15) is 5.26 Å². The lowest BCUT2D eigenvalue weighted by atomic mass is 9.93. The van der Waals surface area contributed by atoms with Gasteiger partial charge in [0.05, 0.1) is 40.3 Å². The Morgan fingerprint density at radius 2 is 1.13 bits per heavy atom. The summed E-state index contributed by atoms with van der Waals surface area (Å²) in [6.07, 6.45) is 0. The fourth-order valence-electron chi connectivity index (χ4n) is 8.58. The van der Waals surface area contributed by atoms with E-state index in [1.54, 1.807) is 11.3 Å². The van der Waals surface area contributed by atoms with E-state index in [0.29, 0.717) is 11.3 Å². The second kappa shape index (κ2) is 12.0. The number of nitriles is 1. The number of thiophene rings is 1. The third-order valence-corrected chi connectivity index (χ3v) is 12.1.